The van der Waals surface area contributed by atoms with Crippen molar-refractivity contribution in [3.63, 3.8) is 0 Å². The number of carbonyl (C=O) groups is 2. The maximum atomic E-state index is 12.2. The van der Waals surface area contributed by atoms with Crippen LogP contribution in [0, 0.1) is 0 Å². The van der Waals surface area contributed by atoms with Gasteiger partial charge in [0.25, 0.3) is 0 Å². The van der Waals surface area contributed by atoms with Crippen LogP contribution in [-0.4, -0.2) is 47.2 Å². The third-order valence-corrected chi connectivity index (χ3v) is 3.33. The number of carboxylic acids is 1. The van der Waals surface area contributed by atoms with Crippen molar-refractivity contribution in [1.29, 1.82) is 0 Å². The molecule has 0 saturated carbocycles. The Labute approximate surface area is 118 Å². The zero-order valence-corrected chi connectivity index (χ0v) is 11.7. The molecule has 1 N–H and O–H groups in total. The summed E-state index contributed by atoms with van der Waals surface area (Å²) in [5, 5.41) is 8.83. The van der Waals surface area contributed by atoms with Crippen LogP contribution in [0.3, 0.4) is 0 Å². The zero-order chi connectivity index (χ0) is 14.7. The molecule has 2 atom stereocenters. The van der Waals surface area contributed by atoms with Crippen LogP contribution >= 0.6 is 0 Å². The number of benzene rings is 1. The quantitative estimate of drug-likeness (QED) is 0.910. The van der Waals surface area contributed by atoms with Gasteiger partial charge >= 0.3 is 5.97 Å². The SMILES string of the molecule is C[C@@H]1CN(C(=O)Cc2ccc(C(=O)O)cc2)C[C@H](C)O1. The standard InChI is InChI=1S/C15H19NO4/c1-10-8-16(9-11(2)20-10)14(17)7-12-3-5-13(6-4-12)15(18)19/h3-6,10-11H,7-9H2,1-2H3,(H,18,19)/t10-,11+. The second kappa shape index (κ2) is 6.05. The van der Waals surface area contributed by atoms with Crippen molar-refractivity contribution in [3.8, 4) is 0 Å². The van der Waals surface area contributed by atoms with E-state index in [1.54, 1.807) is 12.1 Å². The van der Waals surface area contributed by atoms with Crippen LogP contribution in [0.25, 0.3) is 0 Å². The van der Waals surface area contributed by atoms with Crippen molar-refractivity contribution >= 4 is 11.9 Å². The van der Waals surface area contributed by atoms with Crippen LogP contribution in [0.15, 0.2) is 24.3 Å². The number of nitrogens with zero attached hydrogens (tertiary/aromatic N) is 1. The molecule has 108 valence electrons. The van der Waals surface area contributed by atoms with Gasteiger partial charge in [0, 0.05) is 13.1 Å². The van der Waals surface area contributed by atoms with Gasteiger partial charge in [-0.3, -0.25) is 4.79 Å². The summed E-state index contributed by atoms with van der Waals surface area (Å²) in [6.07, 6.45) is 0.397. The summed E-state index contributed by atoms with van der Waals surface area (Å²) < 4.78 is 5.60. The lowest BCUT2D eigenvalue weighted by Gasteiger charge is -2.35. The Morgan fingerprint density at radius 3 is 2.25 bits per heavy atom. The van der Waals surface area contributed by atoms with Crippen LogP contribution < -0.4 is 0 Å². The molecule has 0 aromatic heterocycles. The molecule has 1 aliphatic heterocycles. The molecule has 1 aromatic carbocycles. The predicted molar refractivity (Wildman–Crippen MR) is 73.7 cm³/mol. The number of carbonyl (C=O) groups excluding carboxylic acids is 1. The first kappa shape index (κ1) is 14.5. The van der Waals surface area contributed by atoms with Gasteiger partial charge < -0.3 is 14.7 Å². The van der Waals surface area contributed by atoms with Crippen LogP contribution in [0.2, 0.25) is 0 Å². The van der Waals surface area contributed by atoms with E-state index in [4.69, 9.17) is 9.84 Å². The van der Waals surface area contributed by atoms with Crippen molar-refractivity contribution in [2.45, 2.75) is 32.5 Å². The van der Waals surface area contributed by atoms with Gasteiger partial charge in [0.05, 0.1) is 24.2 Å². The van der Waals surface area contributed by atoms with Crippen molar-refractivity contribution in [2.24, 2.45) is 0 Å². The molecule has 0 radical (unpaired) electrons. The topological polar surface area (TPSA) is 66.8 Å². The molecule has 0 bridgehead atoms. The van der Waals surface area contributed by atoms with E-state index >= 15 is 0 Å². The van der Waals surface area contributed by atoms with E-state index in [0.29, 0.717) is 19.5 Å². The lowest BCUT2D eigenvalue weighted by Crippen LogP contribution is -2.48. The molecule has 5 nitrogen and oxygen atoms in total. The Bertz CT molecular complexity index is 487. The molecule has 1 saturated heterocycles. The molecule has 5 heteroatoms. The number of carboxylic acid groups (broad SMARTS) is 1. The smallest absolute Gasteiger partial charge is 0.335 e. The Balaban J connectivity index is 1.98. The molecule has 0 unspecified atom stereocenters. The minimum atomic E-state index is -0.960. The Hall–Kier alpha value is -1.88. The number of rotatable bonds is 3. The summed E-state index contributed by atoms with van der Waals surface area (Å²) in [7, 11) is 0. The highest BCUT2D eigenvalue weighted by molar-refractivity contribution is 5.87. The molecular formula is C15H19NO4. The minimum absolute atomic E-state index is 0.0510. The maximum absolute atomic E-state index is 12.2. The van der Waals surface area contributed by atoms with Gasteiger partial charge in [-0.25, -0.2) is 4.79 Å². The van der Waals surface area contributed by atoms with Crippen molar-refractivity contribution in [1.82, 2.24) is 4.90 Å². The van der Waals surface area contributed by atoms with Gasteiger partial charge in [0.15, 0.2) is 0 Å². The van der Waals surface area contributed by atoms with E-state index in [1.807, 2.05) is 18.7 Å². The average molecular weight is 277 g/mol. The van der Waals surface area contributed by atoms with Crippen LogP contribution in [0.1, 0.15) is 29.8 Å². The van der Waals surface area contributed by atoms with Crippen molar-refractivity contribution in [2.75, 3.05) is 13.1 Å². The number of aromatic carboxylic acids is 1. The molecule has 1 amide bonds. The number of ether oxygens (including phenoxy) is 1. The zero-order valence-electron chi connectivity index (χ0n) is 11.7. The van der Waals surface area contributed by atoms with Gasteiger partial charge in [0.1, 0.15) is 0 Å². The predicted octanol–water partition coefficient (Wildman–Crippen LogP) is 1.56. The first-order valence-electron chi connectivity index (χ1n) is 6.71. The van der Waals surface area contributed by atoms with Gasteiger partial charge in [0.2, 0.25) is 5.91 Å². The summed E-state index contributed by atoms with van der Waals surface area (Å²) in [6, 6.07) is 6.42. The second-order valence-electron chi connectivity index (χ2n) is 5.23. The largest absolute Gasteiger partial charge is 0.478 e. The highest BCUT2D eigenvalue weighted by atomic mass is 16.5. The monoisotopic (exact) mass is 277 g/mol. The molecule has 0 aliphatic carbocycles. The Morgan fingerprint density at radius 2 is 1.75 bits per heavy atom. The van der Waals surface area contributed by atoms with Crippen LogP contribution in [0.4, 0.5) is 0 Å². The average Bonchev–Trinajstić information content (AvgIpc) is 2.38. The third kappa shape index (κ3) is 3.57. The lowest BCUT2D eigenvalue weighted by molar-refractivity contribution is -0.142. The fraction of sp³-hybridized carbons (Fsp3) is 0.467. The minimum Gasteiger partial charge on any atom is -0.478 e. The molecule has 20 heavy (non-hydrogen) atoms. The third-order valence-electron chi connectivity index (χ3n) is 3.33. The van der Waals surface area contributed by atoms with Gasteiger partial charge in [-0.15, -0.1) is 0 Å². The number of hydrogen-bond acceptors (Lipinski definition) is 3. The molecule has 0 spiro atoms. The molecule has 1 aliphatic rings. The first-order valence-corrected chi connectivity index (χ1v) is 6.71. The van der Waals surface area contributed by atoms with Gasteiger partial charge in [-0.2, -0.15) is 0 Å². The molecular weight excluding hydrogens is 258 g/mol. The Morgan fingerprint density at radius 1 is 1.20 bits per heavy atom. The maximum Gasteiger partial charge on any atom is 0.335 e. The molecule has 1 heterocycles. The lowest BCUT2D eigenvalue weighted by atomic mass is 10.1. The normalized spacial score (nSPS) is 22.6. The van der Waals surface area contributed by atoms with E-state index in [0.717, 1.165) is 5.56 Å². The van der Waals surface area contributed by atoms with E-state index in [9.17, 15) is 9.59 Å². The molecule has 1 fully saturated rings. The number of amides is 1. The highest BCUT2D eigenvalue weighted by Gasteiger charge is 2.25. The number of hydrogen-bond donors (Lipinski definition) is 1. The number of morpholine rings is 1. The second-order valence-corrected chi connectivity index (χ2v) is 5.23. The van der Waals surface area contributed by atoms with Gasteiger partial charge in [-0.05, 0) is 31.5 Å². The fourth-order valence-corrected chi connectivity index (χ4v) is 2.43. The van der Waals surface area contributed by atoms with Crippen LogP contribution in [0.5, 0.6) is 0 Å². The van der Waals surface area contributed by atoms with E-state index in [2.05, 4.69) is 0 Å². The summed E-state index contributed by atoms with van der Waals surface area (Å²) in [4.78, 5) is 24.8. The summed E-state index contributed by atoms with van der Waals surface area (Å²) in [5.74, 6) is -0.909. The fourth-order valence-electron chi connectivity index (χ4n) is 2.43. The van der Waals surface area contributed by atoms with E-state index in [-0.39, 0.29) is 23.7 Å². The van der Waals surface area contributed by atoms with Crippen LogP contribution in [-0.2, 0) is 16.0 Å². The van der Waals surface area contributed by atoms with E-state index < -0.39 is 5.97 Å². The summed E-state index contributed by atoms with van der Waals surface area (Å²) in [5.41, 5.74) is 1.06. The van der Waals surface area contributed by atoms with Crippen molar-refractivity contribution in [3.05, 3.63) is 35.4 Å². The molecule has 1 aromatic rings. The van der Waals surface area contributed by atoms with E-state index in [1.165, 1.54) is 12.1 Å². The Kier molecular flexibility index (Phi) is 4.39. The summed E-state index contributed by atoms with van der Waals surface area (Å²) in [6.45, 7) is 5.13. The summed E-state index contributed by atoms with van der Waals surface area (Å²) >= 11 is 0. The molecule has 2 rings (SSSR count). The van der Waals surface area contributed by atoms with Gasteiger partial charge in [-0.1, -0.05) is 12.1 Å². The van der Waals surface area contributed by atoms with Crippen molar-refractivity contribution < 1.29 is 19.4 Å². The first-order chi connectivity index (χ1) is 9.45. The highest BCUT2D eigenvalue weighted by Crippen LogP contribution is 2.13.